The van der Waals surface area contributed by atoms with Gasteiger partial charge in [-0.25, -0.2) is 0 Å². The van der Waals surface area contributed by atoms with Gasteiger partial charge in [0.25, 0.3) is 0 Å². The second-order valence-corrected chi connectivity index (χ2v) is 5.22. The van der Waals surface area contributed by atoms with Gasteiger partial charge in [0.1, 0.15) is 0 Å². The van der Waals surface area contributed by atoms with Crippen LogP contribution in [0.1, 0.15) is 44.4 Å². The van der Waals surface area contributed by atoms with Crippen molar-refractivity contribution in [3.8, 4) is 0 Å². The second kappa shape index (κ2) is 6.18. The smallest absolute Gasteiger partial charge is 0.0746 e. The molecule has 0 heterocycles. The summed E-state index contributed by atoms with van der Waals surface area (Å²) in [5.74, 6) is 0. The fourth-order valence-electron chi connectivity index (χ4n) is 1.74. The minimum absolute atomic E-state index is 0.113. The van der Waals surface area contributed by atoms with Crippen molar-refractivity contribution in [2.45, 2.75) is 45.8 Å². The van der Waals surface area contributed by atoms with Crippen molar-refractivity contribution in [1.82, 2.24) is 5.32 Å². The molecule has 0 aliphatic rings. The fraction of sp³-hybridized carbons (Fsp3) is 0.600. The van der Waals surface area contributed by atoms with Gasteiger partial charge in [0, 0.05) is 19.7 Å². The molecule has 0 radical (unpaired) electrons. The van der Waals surface area contributed by atoms with Gasteiger partial charge in [0.05, 0.1) is 5.60 Å². The van der Waals surface area contributed by atoms with Crippen LogP contribution in [0, 0.1) is 6.92 Å². The molecule has 0 bridgehead atoms. The number of aryl methyl sites for hydroxylation is 1. The molecule has 0 saturated heterocycles. The Morgan fingerprint density at radius 1 is 1.24 bits per heavy atom. The number of ether oxygens (including phenoxy) is 1. The van der Waals surface area contributed by atoms with Gasteiger partial charge >= 0.3 is 0 Å². The summed E-state index contributed by atoms with van der Waals surface area (Å²) in [4.78, 5) is 0. The number of methoxy groups -OCH3 is 1. The van der Waals surface area contributed by atoms with Gasteiger partial charge in [-0.15, -0.1) is 0 Å². The first kappa shape index (κ1) is 14.2. The average molecular weight is 235 g/mol. The maximum absolute atomic E-state index is 5.43. The van der Waals surface area contributed by atoms with Crippen molar-refractivity contribution in [2.75, 3.05) is 13.7 Å². The minimum Gasteiger partial charge on any atom is -0.377 e. The van der Waals surface area contributed by atoms with E-state index in [1.807, 2.05) is 0 Å². The molecular formula is C15H25NO. The lowest BCUT2D eigenvalue weighted by atomic mass is 10.0. The number of hydrogen-bond acceptors (Lipinski definition) is 2. The van der Waals surface area contributed by atoms with Gasteiger partial charge in [-0.3, -0.25) is 0 Å². The van der Waals surface area contributed by atoms with Crippen LogP contribution < -0.4 is 5.32 Å². The fourth-order valence-corrected chi connectivity index (χ4v) is 1.74. The largest absolute Gasteiger partial charge is 0.377 e. The molecule has 0 amide bonds. The average Bonchev–Trinajstić information content (AvgIpc) is 2.32. The van der Waals surface area contributed by atoms with Crippen molar-refractivity contribution < 1.29 is 4.74 Å². The van der Waals surface area contributed by atoms with E-state index >= 15 is 0 Å². The molecule has 1 N–H and O–H groups in total. The van der Waals surface area contributed by atoms with E-state index in [1.54, 1.807) is 7.11 Å². The minimum atomic E-state index is -0.113. The zero-order chi connectivity index (χ0) is 12.9. The quantitative estimate of drug-likeness (QED) is 0.815. The van der Waals surface area contributed by atoms with Crippen molar-refractivity contribution in [3.05, 3.63) is 35.4 Å². The Morgan fingerprint density at radius 2 is 1.82 bits per heavy atom. The monoisotopic (exact) mass is 235 g/mol. The highest BCUT2D eigenvalue weighted by Gasteiger charge is 2.18. The first-order chi connectivity index (χ1) is 7.98. The normalized spacial score (nSPS) is 13.7. The summed E-state index contributed by atoms with van der Waals surface area (Å²) in [6, 6.07) is 9.15. The highest BCUT2D eigenvalue weighted by Crippen LogP contribution is 2.18. The van der Waals surface area contributed by atoms with Crippen LogP contribution in [0.15, 0.2) is 24.3 Å². The van der Waals surface area contributed by atoms with Crippen molar-refractivity contribution in [1.29, 1.82) is 0 Å². The van der Waals surface area contributed by atoms with Crippen molar-refractivity contribution >= 4 is 0 Å². The third-order valence-corrected chi connectivity index (χ3v) is 3.21. The highest BCUT2D eigenvalue weighted by molar-refractivity contribution is 5.24. The molecular weight excluding hydrogens is 210 g/mol. The summed E-state index contributed by atoms with van der Waals surface area (Å²) in [6.07, 6.45) is 1.09. The van der Waals surface area contributed by atoms with Crippen molar-refractivity contribution in [2.24, 2.45) is 0 Å². The van der Waals surface area contributed by atoms with Gasteiger partial charge in [0.2, 0.25) is 0 Å². The molecule has 0 saturated carbocycles. The lowest BCUT2D eigenvalue weighted by Gasteiger charge is -2.27. The third-order valence-electron chi connectivity index (χ3n) is 3.21. The zero-order valence-corrected chi connectivity index (χ0v) is 11.7. The van der Waals surface area contributed by atoms with Gasteiger partial charge in [-0.1, -0.05) is 36.8 Å². The summed E-state index contributed by atoms with van der Waals surface area (Å²) < 4.78 is 5.43. The maximum atomic E-state index is 5.43. The van der Waals surface area contributed by atoms with E-state index in [0.717, 1.165) is 13.0 Å². The SMILES string of the molecule is CCC(NCC(C)(C)OC)c1ccc(C)cc1. The van der Waals surface area contributed by atoms with E-state index in [2.05, 4.69) is 57.3 Å². The molecule has 2 heteroatoms. The third kappa shape index (κ3) is 4.49. The highest BCUT2D eigenvalue weighted by atomic mass is 16.5. The molecule has 0 aliphatic carbocycles. The predicted octanol–water partition coefficient (Wildman–Crippen LogP) is 3.46. The summed E-state index contributed by atoms with van der Waals surface area (Å²) in [6.45, 7) is 9.38. The Morgan fingerprint density at radius 3 is 2.29 bits per heavy atom. The molecule has 1 aromatic carbocycles. The van der Waals surface area contributed by atoms with Crippen molar-refractivity contribution in [3.63, 3.8) is 0 Å². The van der Waals surface area contributed by atoms with Crippen LogP contribution in [0.5, 0.6) is 0 Å². The van der Waals surface area contributed by atoms with Gasteiger partial charge in [-0.2, -0.15) is 0 Å². The van der Waals surface area contributed by atoms with E-state index in [4.69, 9.17) is 4.74 Å². The van der Waals surface area contributed by atoms with Crippen LogP contribution in [-0.4, -0.2) is 19.3 Å². The molecule has 0 fully saturated rings. The summed E-state index contributed by atoms with van der Waals surface area (Å²) in [7, 11) is 1.76. The van der Waals surface area contributed by atoms with E-state index in [1.165, 1.54) is 11.1 Å². The topological polar surface area (TPSA) is 21.3 Å². The summed E-state index contributed by atoms with van der Waals surface area (Å²) >= 11 is 0. The number of rotatable bonds is 6. The second-order valence-electron chi connectivity index (χ2n) is 5.22. The van der Waals surface area contributed by atoms with E-state index in [0.29, 0.717) is 6.04 Å². The molecule has 1 atom stereocenters. The first-order valence-corrected chi connectivity index (χ1v) is 6.33. The van der Waals surface area contributed by atoms with Crippen LogP contribution in [-0.2, 0) is 4.74 Å². The molecule has 1 unspecified atom stereocenters. The Labute approximate surface area is 105 Å². The zero-order valence-electron chi connectivity index (χ0n) is 11.7. The molecule has 0 aliphatic heterocycles. The number of hydrogen-bond donors (Lipinski definition) is 1. The molecule has 96 valence electrons. The van der Waals surface area contributed by atoms with Gasteiger partial charge in [-0.05, 0) is 32.8 Å². The van der Waals surface area contributed by atoms with Crippen LogP contribution in [0.4, 0.5) is 0 Å². The predicted molar refractivity (Wildman–Crippen MR) is 73.3 cm³/mol. The molecule has 1 rings (SSSR count). The van der Waals surface area contributed by atoms with E-state index in [-0.39, 0.29) is 5.60 Å². The lowest BCUT2D eigenvalue weighted by Crippen LogP contribution is -2.38. The Balaban J connectivity index is 2.63. The molecule has 1 aromatic rings. The molecule has 2 nitrogen and oxygen atoms in total. The van der Waals surface area contributed by atoms with Crippen LogP contribution in [0.25, 0.3) is 0 Å². The summed E-state index contributed by atoms with van der Waals surface area (Å²) in [5, 5.41) is 3.57. The Kier molecular flexibility index (Phi) is 5.16. The number of nitrogens with one attached hydrogen (secondary N) is 1. The number of benzene rings is 1. The first-order valence-electron chi connectivity index (χ1n) is 6.33. The molecule has 17 heavy (non-hydrogen) atoms. The summed E-state index contributed by atoms with van der Waals surface area (Å²) in [5.41, 5.74) is 2.55. The van der Waals surface area contributed by atoms with Gasteiger partial charge < -0.3 is 10.1 Å². The van der Waals surface area contributed by atoms with Crippen LogP contribution in [0.3, 0.4) is 0 Å². The van der Waals surface area contributed by atoms with E-state index < -0.39 is 0 Å². The van der Waals surface area contributed by atoms with Gasteiger partial charge in [0.15, 0.2) is 0 Å². The van der Waals surface area contributed by atoms with Crippen LogP contribution >= 0.6 is 0 Å². The Bertz CT molecular complexity index is 329. The Hall–Kier alpha value is -0.860. The molecule has 0 aromatic heterocycles. The standard InChI is InChI=1S/C15H25NO/c1-6-14(16-11-15(3,4)17-5)13-9-7-12(2)8-10-13/h7-10,14,16H,6,11H2,1-5H3. The maximum Gasteiger partial charge on any atom is 0.0746 e. The van der Waals surface area contributed by atoms with Crippen LogP contribution in [0.2, 0.25) is 0 Å². The molecule has 0 spiro atoms. The lowest BCUT2D eigenvalue weighted by molar-refractivity contribution is 0.0209. The van der Waals surface area contributed by atoms with E-state index in [9.17, 15) is 0 Å².